The van der Waals surface area contributed by atoms with Gasteiger partial charge in [0, 0.05) is 38.8 Å². The molecule has 0 radical (unpaired) electrons. The Morgan fingerprint density at radius 3 is 2.94 bits per heavy atom. The molecule has 0 aromatic carbocycles. The molecule has 18 heavy (non-hydrogen) atoms. The van der Waals surface area contributed by atoms with Gasteiger partial charge in [-0.05, 0) is 19.3 Å². The SMILES string of the molecule is COCCCN1CCOCC1C1CCCCC1O. The number of morpholine rings is 1. The summed E-state index contributed by atoms with van der Waals surface area (Å²) in [6.45, 7) is 4.49. The third kappa shape index (κ3) is 3.67. The van der Waals surface area contributed by atoms with E-state index in [4.69, 9.17) is 9.47 Å². The van der Waals surface area contributed by atoms with E-state index in [1.165, 1.54) is 12.8 Å². The number of aliphatic hydroxyl groups excluding tert-OH is 1. The van der Waals surface area contributed by atoms with Crippen LogP contribution in [0.25, 0.3) is 0 Å². The Balaban J connectivity index is 1.89. The quantitative estimate of drug-likeness (QED) is 0.753. The number of methoxy groups -OCH3 is 1. The molecule has 3 atom stereocenters. The fourth-order valence-corrected chi connectivity index (χ4v) is 3.33. The molecule has 0 bridgehead atoms. The molecule has 0 spiro atoms. The van der Waals surface area contributed by atoms with Crippen LogP contribution in [-0.4, -0.2) is 62.2 Å². The Morgan fingerprint density at radius 2 is 2.17 bits per heavy atom. The maximum Gasteiger partial charge on any atom is 0.0626 e. The normalized spacial score (nSPS) is 34.7. The molecule has 0 aromatic rings. The van der Waals surface area contributed by atoms with E-state index in [1.807, 2.05) is 0 Å². The number of hydrogen-bond acceptors (Lipinski definition) is 4. The third-order valence-corrected chi connectivity index (χ3v) is 4.35. The summed E-state index contributed by atoms with van der Waals surface area (Å²) in [6, 6.07) is 0.408. The van der Waals surface area contributed by atoms with Gasteiger partial charge in [0.25, 0.3) is 0 Å². The molecule has 1 aliphatic heterocycles. The van der Waals surface area contributed by atoms with Crippen LogP contribution in [0, 0.1) is 5.92 Å². The highest BCUT2D eigenvalue weighted by Gasteiger charge is 2.35. The molecule has 2 fully saturated rings. The van der Waals surface area contributed by atoms with Crippen molar-refractivity contribution >= 4 is 0 Å². The maximum absolute atomic E-state index is 10.2. The van der Waals surface area contributed by atoms with Gasteiger partial charge in [-0.25, -0.2) is 0 Å². The van der Waals surface area contributed by atoms with Crippen molar-refractivity contribution in [2.24, 2.45) is 5.92 Å². The lowest BCUT2D eigenvalue weighted by molar-refractivity contribution is -0.0695. The van der Waals surface area contributed by atoms with Gasteiger partial charge in [0.2, 0.25) is 0 Å². The summed E-state index contributed by atoms with van der Waals surface area (Å²) in [4.78, 5) is 2.50. The first-order valence-electron chi connectivity index (χ1n) is 7.31. The van der Waals surface area contributed by atoms with Gasteiger partial charge < -0.3 is 14.6 Å². The predicted molar refractivity (Wildman–Crippen MR) is 70.6 cm³/mol. The molecule has 1 heterocycles. The monoisotopic (exact) mass is 257 g/mol. The summed E-state index contributed by atoms with van der Waals surface area (Å²) in [5, 5.41) is 10.2. The number of ether oxygens (including phenoxy) is 2. The minimum absolute atomic E-state index is 0.129. The summed E-state index contributed by atoms with van der Waals surface area (Å²) >= 11 is 0. The van der Waals surface area contributed by atoms with E-state index in [0.29, 0.717) is 12.0 Å². The second-order valence-electron chi connectivity index (χ2n) is 5.54. The Bertz CT molecular complexity index is 237. The minimum atomic E-state index is -0.129. The molecule has 4 heteroatoms. The highest BCUT2D eigenvalue weighted by Crippen LogP contribution is 2.30. The predicted octanol–water partition coefficient (Wildman–Crippen LogP) is 1.27. The zero-order chi connectivity index (χ0) is 12.8. The van der Waals surface area contributed by atoms with Crippen molar-refractivity contribution in [3.05, 3.63) is 0 Å². The highest BCUT2D eigenvalue weighted by molar-refractivity contribution is 4.88. The average Bonchev–Trinajstić information content (AvgIpc) is 2.40. The zero-order valence-corrected chi connectivity index (χ0v) is 11.5. The van der Waals surface area contributed by atoms with Crippen molar-refractivity contribution in [2.75, 3.05) is 40.0 Å². The summed E-state index contributed by atoms with van der Waals surface area (Å²) in [5.74, 6) is 0.404. The first-order valence-corrected chi connectivity index (χ1v) is 7.31. The van der Waals surface area contributed by atoms with Crippen molar-refractivity contribution in [1.82, 2.24) is 4.90 Å². The molecule has 1 aliphatic carbocycles. The molecule has 4 nitrogen and oxygen atoms in total. The van der Waals surface area contributed by atoms with Gasteiger partial charge in [-0.15, -0.1) is 0 Å². The lowest BCUT2D eigenvalue weighted by Gasteiger charge is -2.43. The van der Waals surface area contributed by atoms with Gasteiger partial charge in [-0.3, -0.25) is 4.90 Å². The van der Waals surface area contributed by atoms with E-state index in [-0.39, 0.29) is 6.10 Å². The van der Waals surface area contributed by atoms with E-state index in [1.54, 1.807) is 7.11 Å². The van der Waals surface area contributed by atoms with Crippen LogP contribution < -0.4 is 0 Å². The van der Waals surface area contributed by atoms with Crippen molar-refractivity contribution in [2.45, 2.75) is 44.2 Å². The van der Waals surface area contributed by atoms with Crippen LogP contribution in [0.3, 0.4) is 0 Å². The number of aliphatic hydroxyl groups is 1. The molecule has 2 aliphatic rings. The Morgan fingerprint density at radius 1 is 1.33 bits per heavy atom. The largest absolute Gasteiger partial charge is 0.393 e. The van der Waals surface area contributed by atoms with Gasteiger partial charge in [0.05, 0.1) is 19.3 Å². The van der Waals surface area contributed by atoms with E-state index < -0.39 is 0 Å². The molecular weight excluding hydrogens is 230 g/mol. The van der Waals surface area contributed by atoms with E-state index >= 15 is 0 Å². The first-order chi connectivity index (χ1) is 8.83. The summed E-state index contributed by atoms with van der Waals surface area (Å²) in [7, 11) is 1.75. The Labute approximate surface area is 110 Å². The molecule has 3 unspecified atom stereocenters. The van der Waals surface area contributed by atoms with Crippen LogP contribution in [0.1, 0.15) is 32.1 Å². The smallest absolute Gasteiger partial charge is 0.0626 e. The van der Waals surface area contributed by atoms with E-state index in [0.717, 1.165) is 52.2 Å². The van der Waals surface area contributed by atoms with Crippen molar-refractivity contribution in [3.63, 3.8) is 0 Å². The number of rotatable bonds is 5. The molecule has 2 rings (SSSR count). The lowest BCUT2D eigenvalue weighted by Crippen LogP contribution is -2.53. The Hall–Kier alpha value is -0.160. The summed E-state index contributed by atoms with van der Waals surface area (Å²) in [6.07, 6.45) is 5.48. The van der Waals surface area contributed by atoms with Crippen LogP contribution in [0.4, 0.5) is 0 Å². The molecule has 1 N–H and O–H groups in total. The van der Waals surface area contributed by atoms with Crippen LogP contribution in [0.2, 0.25) is 0 Å². The topological polar surface area (TPSA) is 41.9 Å². The molecular formula is C14H27NO3. The Kier molecular flexibility index (Phi) is 5.89. The van der Waals surface area contributed by atoms with E-state index in [2.05, 4.69) is 4.90 Å². The van der Waals surface area contributed by atoms with Crippen molar-refractivity contribution < 1.29 is 14.6 Å². The molecule has 0 amide bonds. The van der Waals surface area contributed by atoms with Crippen LogP contribution >= 0.6 is 0 Å². The minimum Gasteiger partial charge on any atom is -0.393 e. The standard InChI is InChI=1S/C14H27NO3/c1-17-9-4-7-15-8-10-18-11-13(15)12-5-2-3-6-14(12)16/h12-14,16H,2-11H2,1H3. The maximum atomic E-state index is 10.2. The van der Waals surface area contributed by atoms with Gasteiger partial charge in [-0.2, -0.15) is 0 Å². The fourth-order valence-electron chi connectivity index (χ4n) is 3.33. The second kappa shape index (κ2) is 7.43. The second-order valence-corrected chi connectivity index (χ2v) is 5.54. The van der Waals surface area contributed by atoms with Crippen molar-refractivity contribution in [1.29, 1.82) is 0 Å². The summed E-state index contributed by atoms with van der Waals surface area (Å²) < 4.78 is 10.8. The molecule has 1 saturated carbocycles. The molecule has 0 aromatic heterocycles. The molecule has 1 saturated heterocycles. The van der Waals surface area contributed by atoms with Crippen LogP contribution in [0.15, 0.2) is 0 Å². The summed E-state index contributed by atoms with van der Waals surface area (Å²) in [5.41, 5.74) is 0. The van der Waals surface area contributed by atoms with Crippen LogP contribution in [-0.2, 0) is 9.47 Å². The van der Waals surface area contributed by atoms with Crippen molar-refractivity contribution in [3.8, 4) is 0 Å². The zero-order valence-electron chi connectivity index (χ0n) is 11.5. The highest BCUT2D eigenvalue weighted by atomic mass is 16.5. The fraction of sp³-hybridized carbons (Fsp3) is 1.00. The third-order valence-electron chi connectivity index (χ3n) is 4.35. The number of nitrogens with zero attached hydrogens (tertiary/aromatic N) is 1. The van der Waals surface area contributed by atoms with Gasteiger partial charge >= 0.3 is 0 Å². The number of hydrogen-bond donors (Lipinski definition) is 1. The first kappa shape index (κ1) is 14.3. The van der Waals surface area contributed by atoms with Gasteiger partial charge in [0.1, 0.15) is 0 Å². The lowest BCUT2D eigenvalue weighted by atomic mass is 9.80. The van der Waals surface area contributed by atoms with Crippen LogP contribution in [0.5, 0.6) is 0 Å². The van der Waals surface area contributed by atoms with Gasteiger partial charge in [0.15, 0.2) is 0 Å². The molecule has 106 valence electrons. The van der Waals surface area contributed by atoms with E-state index in [9.17, 15) is 5.11 Å². The van der Waals surface area contributed by atoms with Gasteiger partial charge in [-0.1, -0.05) is 12.8 Å². The average molecular weight is 257 g/mol.